The number of rotatable bonds is 6. The Bertz CT molecular complexity index is 614. The van der Waals surface area contributed by atoms with Crippen molar-refractivity contribution in [2.45, 2.75) is 27.2 Å². The number of methoxy groups -OCH3 is 1. The van der Waals surface area contributed by atoms with Crippen molar-refractivity contribution in [3.8, 4) is 17.4 Å². The minimum Gasteiger partial charge on any atom is -0.493 e. The summed E-state index contributed by atoms with van der Waals surface area (Å²) < 4.78 is 11.3. The first-order valence-electron chi connectivity index (χ1n) is 7.11. The Balaban J connectivity index is 2.40. The molecule has 1 heterocycles. The molecule has 0 atom stereocenters. The molecule has 0 bridgehead atoms. The predicted octanol–water partition coefficient (Wildman–Crippen LogP) is 3.58. The van der Waals surface area contributed by atoms with Crippen LogP contribution < -0.4 is 14.8 Å². The fraction of sp³-hybridized carbons (Fsp3) is 0.375. The number of nitrogens with zero attached hydrogens (tertiary/aromatic N) is 2. The van der Waals surface area contributed by atoms with Crippen LogP contribution in [0.4, 0.5) is 5.82 Å². The molecule has 21 heavy (non-hydrogen) atoms. The second-order valence-corrected chi connectivity index (χ2v) is 4.56. The molecule has 1 aromatic carbocycles. The second kappa shape index (κ2) is 6.92. The topological polar surface area (TPSA) is 56.3 Å². The number of nitrogens with one attached hydrogen (secondary N) is 1. The van der Waals surface area contributed by atoms with Gasteiger partial charge in [-0.25, -0.2) is 4.98 Å². The van der Waals surface area contributed by atoms with E-state index in [9.17, 15) is 0 Å². The van der Waals surface area contributed by atoms with Crippen molar-refractivity contribution in [3.05, 3.63) is 35.7 Å². The highest BCUT2D eigenvalue weighted by atomic mass is 16.5. The summed E-state index contributed by atoms with van der Waals surface area (Å²) in [5, 5.41) is 3.24. The third-order valence-corrected chi connectivity index (χ3v) is 3.08. The lowest BCUT2D eigenvalue weighted by Gasteiger charge is -2.14. The van der Waals surface area contributed by atoms with E-state index in [0.29, 0.717) is 17.4 Å². The zero-order valence-electron chi connectivity index (χ0n) is 12.9. The SMILES string of the molecule is CCNc1nc(CC)nc(Oc2ccccc2OC)c1C. The molecule has 0 spiro atoms. The molecule has 0 radical (unpaired) electrons. The number of ether oxygens (including phenoxy) is 2. The second-order valence-electron chi connectivity index (χ2n) is 4.56. The fourth-order valence-corrected chi connectivity index (χ4v) is 1.94. The lowest BCUT2D eigenvalue weighted by atomic mass is 10.3. The van der Waals surface area contributed by atoms with Gasteiger partial charge in [0.05, 0.1) is 12.7 Å². The van der Waals surface area contributed by atoms with E-state index >= 15 is 0 Å². The first kappa shape index (κ1) is 15.1. The standard InChI is InChI=1S/C16H21N3O2/c1-5-14-18-15(17-6-2)11(3)16(19-14)21-13-10-8-7-9-12(13)20-4/h7-10H,5-6H2,1-4H3,(H,17,18,19). The van der Waals surface area contributed by atoms with Crippen molar-refractivity contribution < 1.29 is 9.47 Å². The van der Waals surface area contributed by atoms with Gasteiger partial charge in [0.15, 0.2) is 11.5 Å². The zero-order valence-corrected chi connectivity index (χ0v) is 12.9. The van der Waals surface area contributed by atoms with Gasteiger partial charge in [0.25, 0.3) is 0 Å². The molecule has 0 amide bonds. The van der Waals surface area contributed by atoms with E-state index in [-0.39, 0.29) is 0 Å². The van der Waals surface area contributed by atoms with Crippen LogP contribution in [0.5, 0.6) is 17.4 Å². The van der Waals surface area contributed by atoms with E-state index in [0.717, 1.165) is 30.2 Å². The average molecular weight is 287 g/mol. The molecule has 0 aliphatic heterocycles. The van der Waals surface area contributed by atoms with Crippen LogP contribution in [-0.4, -0.2) is 23.6 Å². The number of aromatic nitrogens is 2. The first-order chi connectivity index (χ1) is 10.2. The molecular formula is C16H21N3O2. The van der Waals surface area contributed by atoms with Crippen LogP contribution >= 0.6 is 0 Å². The normalized spacial score (nSPS) is 10.3. The molecule has 0 saturated carbocycles. The van der Waals surface area contributed by atoms with Crippen LogP contribution in [0, 0.1) is 6.92 Å². The van der Waals surface area contributed by atoms with Gasteiger partial charge in [-0.1, -0.05) is 19.1 Å². The quantitative estimate of drug-likeness (QED) is 0.880. The van der Waals surface area contributed by atoms with Gasteiger partial charge in [-0.05, 0) is 26.0 Å². The van der Waals surface area contributed by atoms with Gasteiger partial charge in [-0.2, -0.15) is 4.98 Å². The Morgan fingerprint density at radius 1 is 1.10 bits per heavy atom. The van der Waals surface area contributed by atoms with Crippen LogP contribution in [-0.2, 0) is 6.42 Å². The van der Waals surface area contributed by atoms with Crippen LogP contribution in [0.25, 0.3) is 0 Å². The maximum atomic E-state index is 5.94. The highest BCUT2D eigenvalue weighted by Crippen LogP contribution is 2.33. The summed E-state index contributed by atoms with van der Waals surface area (Å²) in [5.41, 5.74) is 0.889. The summed E-state index contributed by atoms with van der Waals surface area (Å²) in [7, 11) is 1.62. The minimum absolute atomic E-state index is 0.558. The van der Waals surface area contributed by atoms with E-state index in [1.807, 2.05) is 45.0 Å². The number of hydrogen-bond donors (Lipinski definition) is 1. The summed E-state index contributed by atoms with van der Waals surface area (Å²) in [6.07, 6.45) is 0.751. The van der Waals surface area contributed by atoms with Gasteiger partial charge in [0.2, 0.25) is 5.88 Å². The monoisotopic (exact) mass is 287 g/mol. The zero-order chi connectivity index (χ0) is 15.2. The van der Waals surface area contributed by atoms with Gasteiger partial charge in [-0.3, -0.25) is 0 Å². The van der Waals surface area contributed by atoms with E-state index in [1.165, 1.54) is 0 Å². The fourth-order valence-electron chi connectivity index (χ4n) is 1.94. The van der Waals surface area contributed by atoms with E-state index < -0.39 is 0 Å². The molecule has 0 unspecified atom stereocenters. The minimum atomic E-state index is 0.558. The van der Waals surface area contributed by atoms with E-state index in [4.69, 9.17) is 9.47 Å². The molecule has 1 aromatic heterocycles. The highest BCUT2D eigenvalue weighted by molar-refractivity contribution is 5.51. The van der Waals surface area contributed by atoms with Gasteiger partial charge in [0.1, 0.15) is 11.6 Å². The Morgan fingerprint density at radius 2 is 1.81 bits per heavy atom. The molecule has 1 N–H and O–H groups in total. The number of para-hydroxylation sites is 2. The van der Waals surface area contributed by atoms with Crippen molar-refractivity contribution in [2.75, 3.05) is 19.0 Å². The van der Waals surface area contributed by atoms with E-state index in [2.05, 4.69) is 15.3 Å². The molecule has 5 nitrogen and oxygen atoms in total. The molecule has 112 valence electrons. The highest BCUT2D eigenvalue weighted by Gasteiger charge is 2.13. The Labute approximate surface area is 125 Å². The number of aryl methyl sites for hydroxylation is 1. The molecule has 0 aliphatic rings. The third kappa shape index (κ3) is 3.42. The third-order valence-electron chi connectivity index (χ3n) is 3.08. The molecule has 0 fully saturated rings. The molecule has 2 rings (SSSR count). The maximum absolute atomic E-state index is 5.94. The Kier molecular flexibility index (Phi) is 4.98. The maximum Gasteiger partial charge on any atom is 0.227 e. The van der Waals surface area contributed by atoms with Crippen molar-refractivity contribution in [3.63, 3.8) is 0 Å². The molecule has 2 aromatic rings. The van der Waals surface area contributed by atoms with Crippen LogP contribution in [0.3, 0.4) is 0 Å². The van der Waals surface area contributed by atoms with Gasteiger partial charge >= 0.3 is 0 Å². The van der Waals surface area contributed by atoms with Gasteiger partial charge < -0.3 is 14.8 Å². The lowest BCUT2D eigenvalue weighted by Crippen LogP contribution is -2.07. The first-order valence-corrected chi connectivity index (χ1v) is 7.11. The molecule has 0 saturated heterocycles. The Hall–Kier alpha value is -2.30. The number of anilines is 1. The van der Waals surface area contributed by atoms with Crippen molar-refractivity contribution in [1.29, 1.82) is 0 Å². The van der Waals surface area contributed by atoms with Crippen molar-refractivity contribution in [1.82, 2.24) is 9.97 Å². The van der Waals surface area contributed by atoms with Crippen LogP contribution in [0.1, 0.15) is 25.2 Å². The Morgan fingerprint density at radius 3 is 2.43 bits per heavy atom. The molecular weight excluding hydrogens is 266 g/mol. The molecule has 0 aliphatic carbocycles. The van der Waals surface area contributed by atoms with Gasteiger partial charge in [0, 0.05) is 13.0 Å². The summed E-state index contributed by atoms with van der Waals surface area (Å²) in [5.74, 6) is 3.45. The number of hydrogen-bond acceptors (Lipinski definition) is 5. The van der Waals surface area contributed by atoms with Crippen molar-refractivity contribution >= 4 is 5.82 Å². The van der Waals surface area contributed by atoms with Crippen LogP contribution in [0.2, 0.25) is 0 Å². The summed E-state index contributed by atoms with van der Waals surface area (Å²) in [6.45, 7) is 6.80. The predicted molar refractivity (Wildman–Crippen MR) is 83.4 cm³/mol. The summed E-state index contributed by atoms with van der Waals surface area (Å²) in [6, 6.07) is 7.52. The van der Waals surface area contributed by atoms with Crippen LogP contribution in [0.15, 0.2) is 24.3 Å². The smallest absolute Gasteiger partial charge is 0.227 e. The largest absolute Gasteiger partial charge is 0.493 e. The van der Waals surface area contributed by atoms with Crippen molar-refractivity contribution in [2.24, 2.45) is 0 Å². The summed E-state index contributed by atoms with van der Waals surface area (Å²) >= 11 is 0. The number of benzene rings is 1. The van der Waals surface area contributed by atoms with Gasteiger partial charge in [-0.15, -0.1) is 0 Å². The lowest BCUT2D eigenvalue weighted by molar-refractivity contribution is 0.372. The average Bonchev–Trinajstić information content (AvgIpc) is 2.51. The molecule has 5 heteroatoms. The van der Waals surface area contributed by atoms with E-state index in [1.54, 1.807) is 7.11 Å². The summed E-state index contributed by atoms with van der Waals surface area (Å²) in [4.78, 5) is 8.97.